The van der Waals surface area contributed by atoms with E-state index in [1.54, 1.807) is 42.5 Å². The molecular formula is C28H33N7O6. The standard InChI is InChI=1S/C28H33N7O6/c1-28(2,3)41-27(38)35-12-9-15-13-19(39-4)20(40-5)14-17(15)22(35)24(37)34-26-31-18-8-6-7-16(21(18)32-26)23(36)33-25-29-10-11-30-25/h6-8,10-11,13-14,22,27,38H,9,12H2,1-5H3,(H2,29,30,33,36)(H2,31,32,34,37). The van der Waals surface area contributed by atoms with Crippen molar-refractivity contribution < 1.29 is 28.9 Å². The van der Waals surface area contributed by atoms with E-state index in [1.165, 1.54) is 13.3 Å². The largest absolute Gasteiger partial charge is 0.493 e. The van der Waals surface area contributed by atoms with Gasteiger partial charge in [0.15, 0.2) is 11.5 Å². The van der Waals surface area contributed by atoms with Gasteiger partial charge in [-0.2, -0.15) is 0 Å². The second-order valence-corrected chi connectivity index (χ2v) is 10.5. The Morgan fingerprint density at radius 2 is 1.88 bits per heavy atom. The number of aromatic amines is 2. The van der Waals surface area contributed by atoms with Gasteiger partial charge in [0.25, 0.3) is 5.91 Å². The number of aromatic nitrogens is 4. The molecule has 5 rings (SSSR count). The fraction of sp³-hybridized carbons (Fsp3) is 0.357. The number of anilines is 2. The molecule has 4 aromatic rings. The molecule has 2 aromatic carbocycles. The van der Waals surface area contributed by atoms with E-state index in [0.717, 1.165) is 5.56 Å². The fourth-order valence-electron chi connectivity index (χ4n) is 4.85. The van der Waals surface area contributed by atoms with E-state index in [9.17, 15) is 14.7 Å². The number of aliphatic hydroxyl groups excluding tert-OH is 1. The average molecular weight is 564 g/mol. The molecule has 0 saturated carbocycles. The first kappa shape index (κ1) is 28.1. The monoisotopic (exact) mass is 563 g/mol. The van der Waals surface area contributed by atoms with Crippen LogP contribution in [0, 0.1) is 0 Å². The summed E-state index contributed by atoms with van der Waals surface area (Å²) < 4.78 is 16.8. The molecule has 2 amide bonds. The van der Waals surface area contributed by atoms with Crippen LogP contribution in [0.15, 0.2) is 42.7 Å². The van der Waals surface area contributed by atoms with E-state index in [1.807, 2.05) is 26.8 Å². The van der Waals surface area contributed by atoms with Crippen LogP contribution in [0.25, 0.3) is 11.0 Å². The van der Waals surface area contributed by atoms with E-state index < -0.39 is 29.9 Å². The molecule has 0 spiro atoms. The van der Waals surface area contributed by atoms with Gasteiger partial charge in [0.1, 0.15) is 11.6 Å². The molecule has 2 unspecified atom stereocenters. The van der Waals surface area contributed by atoms with Crippen molar-refractivity contribution in [2.24, 2.45) is 0 Å². The molecule has 0 radical (unpaired) electrons. The number of rotatable bonds is 8. The lowest BCUT2D eigenvalue weighted by Gasteiger charge is -2.40. The van der Waals surface area contributed by atoms with Crippen molar-refractivity contribution in [2.45, 2.75) is 45.2 Å². The van der Waals surface area contributed by atoms with Crippen LogP contribution in [0.4, 0.5) is 11.9 Å². The van der Waals surface area contributed by atoms with Crippen LogP contribution in [-0.4, -0.2) is 74.5 Å². The maximum Gasteiger partial charge on any atom is 0.260 e. The highest BCUT2D eigenvalue weighted by Gasteiger charge is 2.39. The number of hydrogen-bond acceptors (Lipinski definition) is 9. The second-order valence-electron chi connectivity index (χ2n) is 10.5. The summed E-state index contributed by atoms with van der Waals surface area (Å²) in [6, 6.07) is 7.72. The van der Waals surface area contributed by atoms with Crippen LogP contribution in [0.3, 0.4) is 0 Å². The predicted octanol–water partition coefficient (Wildman–Crippen LogP) is 3.18. The number of para-hydroxylation sites is 1. The minimum Gasteiger partial charge on any atom is -0.493 e. The number of methoxy groups -OCH3 is 2. The summed E-state index contributed by atoms with van der Waals surface area (Å²) in [7, 11) is 3.07. The zero-order chi connectivity index (χ0) is 29.3. The summed E-state index contributed by atoms with van der Waals surface area (Å²) in [5.41, 5.74) is 2.07. The van der Waals surface area contributed by atoms with E-state index in [0.29, 0.717) is 52.6 Å². The topological polar surface area (TPSA) is 167 Å². The van der Waals surface area contributed by atoms with Gasteiger partial charge in [-0.15, -0.1) is 0 Å². The van der Waals surface area contributed by atoms with Crippen LogP contribution >= 0.6 is 0 Å². The molecule has 0 fully saturated rings. The lowest BCUT2D eigenvalue weighted by atomic mass is 9.91. The Balaban J connectivity index is 1.48. The maximum absolute atomic E-state index is 13.9. The first-order valence-electron chi connectivity index (χ1n) is 13.0. The number of carbonyl (C=O) groups excluding carboxylic acids is 2. The normalized spacial score (nSPS) is 16.2. The number of amides is 2. The number of H-pyrrole nitrogens is 2. The number of ether oxygens (including phenoxy) is 3. The summed E-state index contributed by atoms with van der Waals surface area (Å²) in [5.74, 6) is 0.564. The zero-order valence-electron chi connectivity index (χ0n) is 23.4. The molecule has 1 aliphatic rings. The van der Waals surface area contributed by atoms with E-state index in [4.69, 9.17) is 14.2 Å². The third-order valence-corrected chi connectivity index (χ3v) is 6.63. The highest BCUT2D eigenvalue weighted by molar-refractivity contribution is 6.11. The third-order valence-electron chi connectivity index (χ3n) is 6.63. The highest BCUT2D eigenvalue weighted by atomic mass is 16.6. The van der Waals surface area contributed by atoms with Crippen LogP contribution in [0.2, 0.25) is 0 Å². The predicted molar refractivity (Wildman–Crippen MR) is 151 cm³/mol. The molecule has 3 heterocycles. The lowest BCUT2D eigenvalue weighted by Crippen LogP contribution is -2.50. The first-order chi connectivity index (χ1) is 19.6. The molecule has 0 bridgehead atoms. The molecule has 5 N–H and O–H groups in total. The van der Waals surface area contributed by atoms with Gasteiger partial charge >= 0.3 is 0 Å². The summed E-state index contributed by atoms with van der Waals surface area (Å²) in [6.45, 7) is 5.82. The van der Waals surface area contributed by atoms with Crippen molar-refractivity contribution in [3.05, 3.63) is 59.4 Å². The number of hydrogen-bond donors (Lipinski definition) is 5. The maximum atomic E-state index is 13.9. The molecule has 0 saturated heterocycles. The van der Waals surface area contributed by atoms with Gasteiger partial charge in [-0.25, -0.2) is 14.9 Å². The van der Waals surface area contributed by atoms with Crippen LogP contribution in [-0.2, 0) is 16.0 Å². The van der Waals surface area contributed by atoms with Gasteiger partial charge in [-0.3, -0.25) is 20.2 Å². The SMILES string of the molecule is COc1cc2c(cc1OC)C(C(=O)Nc1nc3c(C(=O)Nc4ncc[nH]4)cccc3[nH]1)N(C(O)OC(C)(C)C)CC2. The molecule has 216 valence electrons. The summed E-state index contributed by atoms with van der Waals surface area (Å²) in [5, 5.41) is 16.6. The minimum atomic E-state index is -1.36. The number of imidazole rings is 2. The Morgan fingerprint density at radius 3 is 2.56 bits per heavy atom. The number of aliphatic hydroxyl groups is 1. The van der Waals surface area contributed by atoms with Crippen molar-refractivity contribution in [3.8, 4) is 11.5 Å². The minimum absolute atomic E-state index is 0.141. The average Bonchev–Trinajstić information content (AvgIpc) is 3.59. The molecule has 13 nitrogen and oxygen atoms in total. The van der Waals surface area contributed by atoms with Gasteiger partial charge in [0.2, 0.25) is 24.2 Å². The second kappa shape index (κ2) is 11.2. The van der Waals surface area contributed by atoms with Gasteiger partial charge < -0.3 is 29.3 Å². The number of nitrogens with one attached hydrogen (secondary N) is 4. The Morgan fingerprint density at radius 1 is 1.12 bits per heavy atom. The van der Waals surface area contributed by atoms with Crippen LogP contribution < -0.4 is 20.1 Å². The summed E-state index contributed by atoms with van der Waals surface area (Å²) in [6.07, 6.45) is 2.31. The van der Waals surface area contributed by atoms with E-state index >= 15 is 0 Å². The third kappa shape index (κ3) is 5.87. The Hall–Kier alpha value is -4.46. The number of fused-ring (bicyclic) bond motifs is 2. The van der Waals surface area contributed by atoms with Gasteiger partial charge in [0, 0.05) is 18.9 Å². The van der Waals surface area contributed by atoms with Gasteiger partial charge in [0.05, 0.1) is 30.9 Å². The van der Waals surface area contributed by atoms with Gasteiger partial charge in [-0.05, 0) is 62.6 Å². The molecule has 13 heteroatoms. The lowest BCUT2D eigenvalue weighted by molar-refractivity contribution is -0.249. The Kier molecular flexibility index (Phi) is 7.67. The van der Waals surface area contributed by atoms with Crippen LogP contribution in [0.1, 0.15) is 48.3 Å². The fourth-order valence-corrected chi connectivity index (χ4v) is 4.85. The van der Waals surface area contributed by atoms with Crippen molar-refractivity contribution in [1.29, 1.82) is 0 Å². The van der Waals surface area contributed by atoms with Gasteiger partial charge in [-0.1, -0.05) is 6.07 Å². The smallest absolute Gasteiger partial charge is 0.260 e. The molecule has 2 atom stereocenters. The molecule has 2 aromatic heterocycles. The van der Waals surface area contributed by atoms with Crippen molar-refractivity contribution >= 4 is 34.7 Å². The van der Waals surface area contributed by atoms with Crippen molar-refractivity contribution in [1.82, 2.24) is 24.8 Å². The molecule has 0 aliphatic carbocycles. The highest BCUT2D eigenvalue weighted by Crippen LogP contribution is 2.39. The molecule has 41 heavy (non-hydrogen) atoms. The quantitative estimate of drug-likeness (QED) is 0.202. The van der Waals surface area contributed by atoms with Crippen molar-refractivity contribution in [2.75, 3.05) is 31.4 Å². The van der Waals surface area contributed by atoms with Crippen molar-refractivity contribution in [3.63, 3.8) is 0 Å². The number of nitrogens with zero attached hydrogens (tertiary/aromatic N) is 3. The van der Waals surface area contributed by atoms with E-state index in [2.05, 4.69) is 30.6 Å². The zero-order valence-corrected chi connectivity index (χ0v) is 23.4. The Bertz CT molecular complexity index is 1560. The molecule has 1 aliphatic heterocycles. The number of carbonyl (C=O) groups is 2. The molecular weight excluding hydrogens is 530 g/mol. The Labute approximate surface area is 236 Å². The van der Waals surface area contributed by atoms with E-state index in [-0.39, 0.29) is 5.95 Å². The summed E-state index contributed by atoms with van der Waals surface area (Å²) >= 11 is 0. The first-order valence-corrected chi connectivity index (χ1v) is 13.0. The summed E-state index contributed by atoms with van der Waals surface area (Å²) in [4.78, 5) is 42.8. The van der Waals surface area contributed by atoms with Crippen LogP contribution in [0.5, 0.6) is 11.5 Å². The number of benzene rings is 2.